The van der Waals surface area contributed by atoms with Crippen molar-refractivity contribution in [2.75, 3.05) is 6.26 Å². The summed E-state index contributed by atoms with van der Waals surface area (Å²) in [5.41, 5.74) is 0.283. The first-order chi connectivity index (χ1) is 8.24. The maximum Gasteiger partial charge on any atom is 0.219 e. The summed E-state index contributed by atoms with van der Waals surface area (Å²) in [5, 5.41) is 9.51. The lowest BCUT2D eigenvalue weighted by Gasteiger charge is -2.03. The molecule has 0 amide bonds. The van der Waals surface area contributed by atoms with Crippen molar-refractivity contribution in [3.63, 3.8) is 0 Å². The Kier molecular flexibility index (Phi) is 3.89. The van der Waals surface area contributed by atoms with Gasteiger partial charge in [0.15, 0.2) is 5.15 Å². The Morgan fingerprint density at radius 3 is 2.71 bits per heavy atom. The number of benzene rings is 1. The molecule has 0 radical (unpaired) electrons. The normalized spacial score (nSPS) is 9.94. The smallest absolute Gasteiger partial charge is 0.219 e. The van der Waals surface area contributed by atoms with Gasteiger partial charge in [0.1, 0.15) is 17.4 Å². The van der Waals surface area contributed by atoms with Crippen LogP contribution in [-0.2, 0) is 0 Å². The van der Waals surface area contributed by atoms with Crippen LogP contribution in [0.4, 0.5) is 0 Å². The number of aromatic nitrogens is 1. The van der Waals surface area contributed by atoms with Crippen molar-refractivity contribution in [1.29, 1.82) is 5.26 Å². The fraction of sp³-hybridized carbons (Fsp3) is 0.0909. The van der Waals surface area contributed by atoms with Gasteiger partial charge in [-0.15, -0.1) is 11.8 Å². The van der Waals surface area contributed by atoms with E-state index in [9.17, 15) is 0 Å². The summed E-state index contributed by atoms with van der Waals surface area (Å²) in [6.45, 7) is 0. The summed E-state index contributed by atoms with van der Waals surface area (Å²) in [6.07, 6.45) is 2.01. The molecule has 0 aliphatic rings. The largest absolute Gasteiger partial charge is 0.444 e. The van der Waals surface area contributed by atoms with Crippen molar-refractivity contribution < 1.29 is 4.74 Å². The third-order valence-electron chi connectivity index (χ3n) is 2.00. The second kappa shape index (κ2) is 5.41. The van der Waals surface area contributed by atoms with Crippen LogP contribution in [0.3, 0.4) is 0 Å². The van der Waals surface area contributed by atoms with Gasteiger partial charge < -0.3 is 4.74 Å². The Balaban J connectivity index is 2.23. The second-order valence-corrected chi connectivity index (χ2v) is 5.00. The van der Waals surface area contributed by atoms with E-state index in [1.165, 1.54) is 0 Å². The molecule has 0 aliphatic heterocycles. The minimum atomic E-state index is 0.188. The number of hydrogen-bond acceptors (Lipinski definition) is 5. The molecule has 0 N–H and O–H groups in total. The number of nitrogens with zero attached hydrogens (tertiary/aromatic N) is 2. The van der Waals surface area contributed by atoms with Gasteiger partial charge in [0.25, 0.3) is 0 Å². The van der Waals surface area contributed by atoms with E-state index in [0.717, 1.165) is 16.4 Å². The van der Waals surface area contributed by atoms with Gasteiger partial charge >= 0.3 is 0 Å². The van der Waals surface area contributed by atoms with Crippen LogP contribution >= 0.6 is 34.9 Å². The molecule has 6 heteroatoms. The zero-order valence-electron chi connectivity index (χ0n) is 8.81. The van der Waals surface area contributed by atoms with E-state index in [1.54, 1.807) is 11.8 Å². The summed E-state index contributed by atoms with van der Waals surface area (Å²) in [4.78, 5) is 1.15. The molecule has 2 rings (SSSR count). The molecule has 1 heterocycles. The Morgan fingerprint density at radius 1 is 1.41 bits per heavy atom. The average Bonchev–Trinajstić information content (AvgIpc) is 2.71. The molecule has 86 valence electrons. The summed E-state index contributed by atoms with van der Waals surface area (Å²) >= 11 is 8.48. The zero-order chi connectivity index (χ0) is 12.3. The van der Waals surface area contributed by atoms with Crippen molar-refractivity contribution in [2.45, 2.75) is 4.90 Å². The molecule has 0 unspecified atom stereocenters. The van der Waals surface area contributed by atoms with Crippen LogP contribution in [-0.4, -0.2) is 10.6 Å². The predicted molar refractivity (Wildman–Crippen MR) is 70.1 cm³/mol. The van der Waals surface area contributed by atoms with Gasteiger partial charge in [-0.3, -0.25) is 0 Å². The van der Waals surface area contributed by atoms with Gasteiger partial charge in [-0.1, -0.05) is 11.6 Å². The van der Waals surface area contributed by atoms with Crippen LogP contribution in [0.5, 0.6) is 10.8 Å². The maximum absolute atomic E-state index is 8.90. The summed E-state index contributed by atoms with van der Waals surface area (Å²) in [7, 11) is 0. The second-order valence-electron chi connectivity index (χ2n) is 3.03. The number of hydrogen-bond donors (Lipinski definition) is 0. The third-order valence-corrected chi connectivity index (χ3v) is 3.85. The highest BCUT2D eigenvalue weighted by Gasteiger charge is 2.13. The van der Waals surface area contributed by atoms with Gasteiger partial charge in [-0.2, -0.15) is 9.64 Å². The van der Waals surface area contributed by atoms with E-state index in [4.69, 9.17) is 21.6 Å². The number of nitriles is 1. The fourth-order valence-electron chi connectivity index (χ4n) is 1.17. The van der Waals surface area contributed by atoms with E-state index in [2.05, 4.69) is 4.37 Å². The molecule has 0 spiro atoms. The van der Waals surface area contributed by atoms with Crippen LogP contribution in [0, 0.1) is 11.3 Å². The third kappa shape index (κ3) is 2.72. The first-order valence-electron chi connectivity index (χ1n) is 4.61. The Bertz CT molecular complexity index is 560. The van der Waals surface area contributed by atoms with Crippen molar-refractivity contribution >= 4 is 34.9 Å². The number of halogens is 1. The van der Waals surface area contributed by atoms with Gasteiger partial charge in [0.2, 0.25) is 5.06 Å². The van der Waals surface area contributed by atoms with Crippen LogP contribution in [0.2, 0.25) is 5.15 Å². The molecule has 0 atom stereocenters. The van der Waals surface area contributed by atoms with Crippen LogP contribution in [0.15, 0.2) is 29.2 Å². The van der Waals surface area contributed by atoms with Gasteiger partial charge in [0.05, 0.1) is 0 Å². The number of thioether (sulfide) groups is 1. The standard InChI is InChI=1S/C11H7ClN2OS2/c1-16-8-4-2-7(3-5-8)15-11-9(6-13)10(12)14-17-11/h2-5H,1H3. The molecular weight excluding hydrogens is 276 g/mol. The SMILES string of the molecule is CSc1ccc(Oc2snc(Cl)c2C#N)cc1. The molecule has 3 nitrogen and oxygen atoms in total. The molecule has 1 aromatic heterocycles. The first kappa shape index (κ1) is 12.2. The summed E-state index contributed by atoms with van der Waals surface area (Å²) in [5.74, 6) is 0.666. The highest BCUT2D eigenvalue weighted by atomic mass is 35.5. The Morgan fingerprint density at radius 2 is 2.12 bits per heavy atom. The van der Waals surface area contributed by atoms with Crippen LogP contribution < -0.4 is 4.74 Å². The highest BCUT2D eigenvalue weighted by Crippen LogP contribution is 2.34. The molecule has 0 bridgehead atoms. The van der Waals surface area contributed by atoms with Gasteiger partial charge in [-0.25, -0.2) is 0 Å². The molecule has 2 aromatic rings. The van der Waals surface area contributed by atoms with Gasteiger partial charge in [-0.05, 0) is 30.5 Å². The van der Waals surface area contributed by atoms with E-state index < -0.39 is 0 Å². The monoisotopic (exact) mass is 282 g/mol. The van der Waals surface area contributed by atoms with Crippen LogP contribution in [0.1, 0.15) is 5.56 Å². The van der Waals surface area contributed by atoms with E-state index in [1.807, 2.05) is 36.6 Å². The summed E-state index contributed by atoms with van der Waals surface area (Å²) in [6, 6.07) is 9.58. The van der Waals surface area contributed by atoms with Crippen LogP contribution in [0.25, 0.3) is 0 Å². The maximum atomic E-state index is 8.90. The fourth-order valence-corrected chi connectivity index (χ4v) is 2.49. The van der Waals surface area contributed by atoms with Crippen molar-refractivity contribution in [2.24, 2.45) is 0 Å². The lowest BCUT2D eigenvalue weighted by atomic mass is 10.3. The van der Waals surface area contributed by atoms with E-state index >= 15 is 0 Å². The van der Waals surface area contributed by atoms with Crippen molar-refractivity contribution in [1.82, 2.24) is 4.37 Å². The number of rotatable bonds is 3. The Labute approximate surface area is 112 Å². The highest BCUT2D eigenvalue weighted by molar-refractivity contribution is 7.98. The molecular formula is C11H7ClN2OS2. The quantitative estimate of drug-likeness (QED) is 0.792. The average molecular weight is 283 g/mol. The molecule has 0 saturated carbocycles. The minimum Gasteiger partial charge on any atom is -0.444 e. The molecule has 17 heavy (non-hydrogen) atoms. The lowest BCUT2D eigenvalue weighted by Crippen LogP contribution is -1.83. The molecule has 0 aliphatic carbocycles. The minimum absolute atomic E-state index is 0.188. The topological polar surface area (TPSA) is 45.9 Å². The number of ether oxygens (including phenoxy) is 1. The van der Waals surface area contributed by atoms with Crippen molar-refractivity contribution in [3.8, 4) is 16.9 Å². The van der Waals surface area contributed by atoms with E-state index in [-0.39, 0.29) is 10.7 Å². The Hall–Kier alpha value is -1.22. The lowest BCUT2D eigenvalue weighted by molar-refractivity contribution is 0.495. The molecule has 0 fully saturated rings. The van der Waals surface area contributed by atoms with Gasteiger partial charge in [0, 0.05) is 16.4 Å². The molecule has 1 aromatic carbocycles. The van der Waals surface area contributed by atoms with E-state index in [0.29, 0.717) is 10.8 Å². The zero-order valence-corrected chi connectivity index (χ0v) is 11.2. The summed E-state index contributed by atoms with van der Waals surface area (Å²) < 4.78 is 9.43. The molecule has 0 saturated heterocycles. The first-order valence-corrected chi connectivity index (χ1v) is 6.99. The van der Waals surface area contributed by atoms with Crippen molar-refractivity contribution in [3.05, 3.63) is 35.0 Å². The predicted octanol–water partition coefficient (Wildman–Crippen LogP) is 4.18.